The highest BCUT2D eigenvalue weighted by Gasteiger charge is 2.24. The molecule has 1 fully saturated rings. The highest BCUT2D eigenvalue weighted by molar-refractivity contribution is 5.88. The van der Waals surface area contributed by atoms with Crippen LogP contribution >= 0.6 is 0 Å². The molecular formula is C22H28N4O3. The molecule has 7 heteroatoms. The zero-order chi connectivity index (χ0) is 20.8. The largest absolute Gasteiger partial charge is 0.341 e. The van der Waals surface area contributed by atoms with Crippen molar-refractivity contribution in [3.63, 3.8) is 0 Å². The quantitative estimate of drug-likeness (QED) is 0.814. The highest BCUT2D eigenvalue weighted by atomic mass is 16.2. The number of hydrogen-bond acceptors (Lipinski definition) is 3. The van der Waals surface area contributed by atoms with E-state index < -0.39 is 6.03 Å². The second-order valence-corrected chi connectivity index (χ2v) is 7.50. The van der Waals surface area contributed by atoms with E-state index in [0.717, 1.165) is 19.3 Å². The molecule has 1 aromatic carbocycles. The van der Waals surface area contributed by atoms with Crippen LogP contribution in [-0.2, 0) is 17.8 Å². The summed E-state index contributed by atoms with van der Waals surface area (Å²) in [5.74, 6) is 0.511. The highest BCUT2D eigenvalue weighted by Crippen LogP contribution is 2.22. The Morgan fingerprint density at radius 2 is 1.76 bits per heavy atom. The lowest BCUT2D eigenvalue weighted by molar-refractivity contribution is -0.133. The van der Waals surface area contributed by atoms with Gasteiger partial charge in [-0.25, -0.2) is 4.79 Å². The number of amides is 3. The van der Waals surface area contributed by atoms with Crippen LogP contribution < -0.4 is 16.2 Å². The number of likely N-dealkylation sites (tertiary alicyclic amines) is 1. The molecule has 29 heavy (non-hydrogen) atoms. The van der Waals surface area contributed by atoms with Gasteiger partial charge in [-0.3, -0.25) is 9.59 Å². The van der Waals surface area contributed by atoms with E-state index in [-0.39, 0.29) is 23.7 Å². The van der Waals surface area contributed by atoms with Crippen molar-refractivity contribution >= 4 is 17.6 Å². The summed E-state index contributed by atoms with van der Waals surface area (Å²) in [6.45, 7) is 3.18. The first-order valence-electron chi connectivity index (χ1n) is 9.99. The Kier molecular flexibility index (Phi) is 6.69. The van der Waals surface area contributed by atoms with Crippen molar-refractivity contribution in [2.45, 2.75) is 32.7 Å². The molecule has 0 atom stereocenters. The van der Waals surface area contributed by atoms with Crippen LogP contribution in [0.25, 0.3) is 0 Å². The number of piperidine rings is 1. The fourth-order valence-corrected chi connectivity index (χ4v) is 3.72. The Balaban J connectivity index is 1.60. The number of urea groups is 1. The Morgan fingerprint density at radius 1 is 1.07 bits per heavy atom. The molecule has 3 rings (SSSR count). The minimum absolute atomic E-state index is 0.0166. The average molecular weight is 396 g/mol. The lowest BCUT2D eigenvalue weighted by atomic mass is 9.90. The van der Waals surface area contributed by atoms with Crippen LogP contribution in [0.15, 0.2) is 47.3 Å². The molecule has 2 heterocycles. The van der Waals surface area contributed by atoms with Crippen LogP contribution in [0.2, 0.25) is 0 Å². The van der Waals surface area contributed by atoms with Crippen molar-refractivity contribution in [2.24, 2.45) is 5.92 Å². The van der Waals surface area contributed by atoms with Crippen LogP contribution in [0, 0.1) is 12.8 Å². The van der Waals surface area contributed by atoms with E-state index in [4.69, 9.17) is 0 Å². The monoisotopic (exact) mass is 396 g/mol. The second kappa shape index (κ2) is 9.41. The molecule has 2 N–H and O–H groups in total. The number of nitrogens with one attached hydrogen (secondary N) is 2. The maximum absolute atomic E-state index is 12.8. The molecule has 0 radical (unpaired) electrons. The Labute approximate surface area is 170 Å². The van der Waals surface area contributed by atoms with Crippen LogP contribution in [0.1, 0.15) is 24.1 Å². The maximum atomic E-state index is 12.8. The standard InChI is InChI=1S/C22H28N4O3/c1-16-8-9-19(24-22(29)23-2)21(28)26(16)15-20(27)25-12-10-18(11-13-25)14-17-6-4-3-5-7-17/h3-9,18H,10-15H2,1-2H3,(H2,23,24,29). The van der Waals surface area contributed by atoms with Crippen LogP contribution in [0.3, 0.4) is 0 Å². The molecule has 0 spiro atoms. The Morgan fingerprint density at radius 3 is 2.41 bits per heavy atom. The van der Waals surface area contributed by atoms with Crippen molar-refractivity contribution in [1.29, 1.82) is 0 Å². The van der Waals surface area contributed by atoms with Gasteiger partial charge in [0.25, 0.3) is 5.56 Å². The molecule has 1 aliphatic heterocycles. The van der Waals surface area contributed by atoms with Gasteiger partial charge in [0.1, 0.15) is 12.2 Å². The molecule has 1 aliphatic rings. The summed E-state index contributed by atoms with van der Waals surface area (Å²) in [6, 6.07) is 13.2. The fraction of sp³-hybridized carbons (Fsp3) is 0.409. The number of nitrogens with zero attached hydrogens (tertiary/aromatic N) is 2. The third kappa shape index (κ3) is 5.25. The molecule has 0 unspecified atom stereocenters. The molecule has 2 aromatic rings. The van der Waals surface area contributed by atoms with E-state index in [2.05, 4.69) is 34.9 Å². The van der Waals surface area contributed by atoms with E-state index in [1.165, 1.54) is 17.2 Å². The number of aromatic nitrogens is 1. The Bertz CT molecular complexity index is 915. The van der Waals surface area contributed by atoms with Crippen molar-refractivity contribution in [3.8, 4) is 0 Å². The fourth-order valence-electron chi connectivity index (χ4n) is 3.72. The first kappa shape index (κ1) is 20.6. The number of benzene rings is 1. The summed E-state index contributed by atoms with van der Waals surface area (Å²) in [5, 5.41) is 4.92. The number of rotatable bonds is 5. The lowest BCUT2D eigenvalue weighted by Gasteiger charge is -2.32. The summed E-state index contributed by atoms with van der Waals surface area (Å²) in [4.78, 5) is 38.8. The second-order valence-electron chi connectivity index (χ2n) is 7.50. The number of carbonyl (C=O) groups is 2. The number of hydrogen-bond donors (Lipinski definition) is 2. The molecule has 0 saturated carbocycles. The van der Waals surface area contributed by atoms with Crippen molar-refractivity contribution in [1.82, 2.24) is 14.8 Å². The summed E-state index contributed by atoms with van der Waals surface area (Å²) >= 11 is 0. The molecular weight excluding hydrogens is 368 g/mol. The van der Waals surface area contributed by atoms with Gasteiger partial charge in [0.05, 0.1) is 0 Å². The predicted octanol–water partition coefficient (Wildman–Crippen LogP) is 2.39. The van der Waals surface area contributed by atoms with Gasteiger partial charge in [-0.05, 0) is 49.8 Å². The number of anilines is 1. The summed E-state index contributed by atoms with van der Waals surface area (Å²) in [5.41, 5.74) is 1.80. The van der Waals surface area contributed by atoms with E-state index >= 15 is 0 Å². The molecule has 0 aliphatic carbocycles. The molecule has 0 bridgehead atoms. The normalized spacial score (nSPS) is 14.5. The van der Waals surface area contributed by atoms with Gasteiger partial charge in [0.2, 0.25) is 5.91 Å². The minimum atomic E-state index is -0.468. The summed E-state index contributed by atoms with van der Waals surface area (Å²) < 4.78 is 1.42. The van der Waals surface area contributed by atoms with Gasteiger partial charge in [0.15, 0.2) is 0 Å². The third-order valence-corrected chi connectivity index (χ3v) is 5.50. The summed E-state index contributed by atoms with van der Waals surface area (Å²) in [6.07, 6.45) is 2.97. The lowest BCUT2D eigenvalue weighted by Crippen LogP contribution is -2.42. The van der Waals surface area contributed by atoms with Gasteiger partial charge >= 0.3 is 6.03 Å². The van der Waals surface area contributed by atoms with Crippen LogP contribution in [0.4, 0.5) is 10.5 Å². The van der Waals surface area contributed by atoms with E-state index in [0.29, 0.717) is 24.7 Å². The van der Waals surface area contributed by atoms with Gasteiger partial charge in [-0.1, -0.05) is 30.3 Å². The minimum Gasteiger partial charge on any atom is -0.341 e. The van der Waals surface area contributed by atoms with Gasteiger partial charge in [-0.15, -0.1) is 0 Å². The number of carbonyl (C=O) groups excluding carboxylic acids is 2. The molecule has 3 amide bonds. The Hall–Kier alpha value is -3.09. The van der Waals surface area contributed by atoms with E-state index in [9.17, 15) is 14.4 Å². The maximum Gasteiger partial charge on any atom is 0.319 e. The van der Waals surface area contributed by atoms with E-state index in [1.807, 2.05) is 11.0 Å². The topological polar surface area (TPSA) is 83.4 Å². The summed E-state index contributed by atoms with van der Waals surface area (Å²) in [7, 11) is 1.48. The SMILES string of the molecule is CNC(=O)Nc1ccc(C)n(CC(=O)N2CCC(Cc3ccccc3)CC2)c1=O. The van der Waals surface area contributed by atoms with E-state index in [1.54, 1.807) is 19.1 Å². The average Bonchev–Trinajstić information content (AvgIpc) is 2.74. The number of pyridine rings is 1. The first-order chi connectivity index (χ1) is 14.0. The first-order valence-corrected chi connectivity index (χ1v) is 9.99. The van der Waals surface area contributed by atoms with Gasteiger partial charge in [-0.2, -0.15) is 0 Å². The zero-order valence-corrected chi connectivity index (χ0v) is 17.0. The smallest absolute Gasteiger partial charge is 0.319 e. The molecule has 7 nitrogen and oxygen atoms in total. The molecule has 1 saturated heterocycles. The third-order valence-electron chi connectivity index (χ3n) is 5.50. The van der Waals surface area contributed by atoms with Gasteiger partial charge < -0.3 is 20.1 Å². The zero-order valence-electron chi connectivity index (χ0n) is 17.0. The van der Waals surface area contributed by atoms with Crippen molar-refractivity contribution in [2.75, 3.05) is 25.5 Å². The van der Waals surface area contributed by atoms with Crippen molar-refractivity contribution in [3.05, 3.63) is 64.1 Å². The predicted molar refractivity (Wildman–Crippen MR) is 113 cm³/mol. The molecule has 1 aromatic heterocycles. The van der Waals surface area contributed by atoms with Crippen molar-refractivity contribution < 1.29 is 9.59 Å². The molecule has 154 valence electrons. The van der Waals surface area contributed by atoms with Gasteiger partial charge in [0, 0.05) is 25.8 Å². The van der Waals surface area contributed by atoms with Crippen LogP contribution in [-0.4, -0.2) is 41.5 Å². The van der Waals surface area contributed by atoms with Crippen LogP contribution in [0.5, 0.6) is 0 Å². The number of aryl methyl sites for hydroxylation is 1.